The molecule has 0 saturated carbocycles. The molecule has 7 nitrogen and oxygen atoms in total. The summed E-state index contributed by atoms with van der Waals surface area (Å²) < 4.78 is 4.76. The van der Waals surface area contributed by atoms with Crippen LogP contribution in [0.5, 0.6) is 0 Å². The molecule has 1 aliphatic rings. The van der Waals surface area contributed by atoms with E-state index in [2.05, 4.69) is 5.32 Å². The molecule has 0 bridgehead atoms. The second-order valence-corrected chi connectivity index (χ2v) is 8.45. The smallest absolute Gasteiger partial charge is 0.340 e. The van der Waals surface area contributed by atoms with E-state index in [1.165, 1.54) is 18.4 Å². The summed E-state index contributed by atoms with van der Waals surface area (Å²) in [7, 11) is 5.23. The number of hydrogen-bond acceptors (Lipinski definition) is 6. The van der Waals surface area contributed by atoms with E-state index < -0.39 is 11.6 Å². The van der Waals surface area contributed by atoms with E-state index in [0.29, 0.717) is 36.6 Å². The highest BCUT2D eigenvalue weighted by atomic mass is 32.1. The number of nitrogens with one attached hydrogen (secondary N) is 1. The van der Waals surface area contributed by atoms with Crippen molar-refractivity contribution in [1.29, 1.82) is 0 Å². The fraction of sp³-hybridized carbons (Fsp3) is 0.429. The Morgan fingerprint density at radius 2 is 2.03 bits per heavy atom. The topological polar surface area (TPSA) is 82.1 Å². The van der Waals surface area contributed by atoms with Crippen LogP contribution in [0.4, 0.5) is 9.80 Å². The largest absolute Gasteiger partial charge is 0.465 e. The summed E-state index contributed by atoms with van der Waals surface area (Å²) in [4.78, 5) is 28.5. The van der Waals surface area contributed by atoms with E-state index in [4.69, 9.17) is 4.74 Å². The van der Waals surface area contributed by atoms with Gasteiger partial charge in [0.25, 0.3) is 0 Å². The van der Waals surface area contributed by atoms with Crippen molar-refractivity contribution in [2.75, 3.05) is 46.2 Å². The van der Waals surface area contributed by atoms with E-state index in [-0.39, 0.29) is 11.9 Å². The van der Waals surface area contributed by atoms with Gasteiger partial charge >= 0.3 is 12.0 Å². The summed E-state index contributed by atoms with van der Waals surface area (Å²) >= 11 is 1.28. The molecule has 3 rings (SSSR count). The first-order chi connectivity index (χ1) is 13.8. The maximum absolute atomic E-state index is 12.9. The minimum atomic E-state index is -0.998. The first-order valence-electron chi connectivity index (χ1n) is 9.49. The molecule has 1 fully saturated rings. The van der Waals surface area contributed by atoms with Gasteiger partial charge in [-0.25, -0.2) is 9.59 Å². The van der Waals surface area contributed by atoms with E-state index in [0.717, 1.165) is 5.56 Å². The predicted molar refractivity (Wildman–Crippen MR) is 113 cm³/mol. The number of thiophene rings is 1. The Bertz CT molecular complexity index is 855. The van der Waals surface area contributed by atoms with Crippen molar-refractivity contribution in [3.8, 4) is 0 Å². The highest BCUT2D eigenvalue weighted by molar-refractivity contribution is 7.14. The first kappa shape index (κ1) is 21.3. The fourth-order valence-corrected chi connectivity index (χ4v) is 4.58. The van der Waals surface area contributed by atoms with Gasteiger partial charge in [0, 0.05) is 25.6 Å². The van der Waals surface area contributed by atoms with Crippen LogP contribution >= 0.6 is 11.3 Å². The minimum absolute atomic E-state index is 0.150. The van der Waals surface area contributed by atoms with Crippen molar-refractivity contribution < 1.29 is 19.4 Å². The minimum Gasteiger partial charge on any atom is -0.465 e. The van der Waals surface area contributed by atoms with Crippen molar-refractivity contribution in [2.45, 2.75) is 12.0 Å². The number of carbonyl (C=O) groups is 2. The molecule has 2 aromatic rings. The van der Waals surface area contributed by atoms with Crippen LogP contribution in [0.25, 0.3) is 0 Å². The normalized spacial score (nSPS) is 21.8. The molecule has 0 spiro atoms. The lowest BCUT2D eigenvalue weighted by Gasteiger charge is -2.45. The number of nitrogens with zero attached hydrogens (tertiary/aromatic N) is 2. The van der Waals surface area contributed by atoms with Gasteiger partial charge < -0.3 is 19.6 Å². The average Bonchev–Trinajstić information content (AvgIpc) is 3.17. The van der Waals surface area contributed by atoms with Gasteiger partial charge in [0.1, 0.15) is 5.00 Å². The van der Waals surface area contributed by atoms with Gasteiger partial charge in [0.15, 0.2) is 0 Å². The zero-order valence-corrected chi connectivity index (χ0v) is 17.7. The monoisotopic (exact) mass is 417 g/mol. The van der Waals surface area contributed by atoms with Crippen molar-refractivity contribution >= 4 is 28.3 Å². The van der Waals surface area contributed by atoms with Crippen LogP contribution in [0.1, 0.15) is 22.3 Å². The number of hydrogen-bond donors (Lipinski definition) is 2. The summed E-state index contributed by atoms with van der Waals surface area (Å²) in [5.41, 5.74) is 0.217. The summed E-state index contributed by atoms with van der Waals surface area (Å²) in [5, 5.41) is 16.5. The van der Waals surface area contributed by atoms with Crippen LogP contribution in [0, 0.1) is 5.92 Å². The molecule has 1 aromatic carbocycles. The number of aliphatic hydroxyl groups is 1. The second-order valence-electron chi connectivity index (χ2n) is 7.53. The number of amides is 2. The number of likely N-dealkylation sites (tertiary alicyclic amines) is 1. The Hall–Kier alpha value is -2.42. The SMILES string of the molecule is COC(=O)c1ccsc1NC(=O)N1CCC(O)(c2ccccc2)C(CN(C)C)C1. The van der Waals surface area contributed by atoms with Gasteiger partial charge in [0.2, 0.25) is 0 Å². The lowest BCUT2D eigenvalue weighted by atomic mass is 9.75. The van der Waals surface area contributed by atoms with Gasteiger partial charge in [0.05, 0.1) is 18.3 Å². The third-order valence-corrected chi connectivity index (χ3v) is 6.15. The second kappa shape index (κ2) is 8.94. The lowest BCUT2D eigenvalue weighted by molar-refractivity contribution is -0.0749. The zero-order valence-electron chi connectivity index (χ0n) is 16.9. The van der Waals surface area contributed by atoms with Crippen LogP contribution in [-0.2, 0) is 10.3 Å². The molecule has 0 aliphatic carbocycles. The molecular formula is C21H27N3O4S. The van der Waals surface area contributed by atoms with E-state index in [1.54, 1.807) is 16.3 Å². The van der Waals surface area contributed by atoms with Crippen LogP contribution in [0.3, 0.4) is 0 Å². The number of carbonyl (C=O) groups excluding carboxylic acids is 2. The molecule has 2 N–H and O–H groups in total. The number of esters is 1. The van der Waals surface area contributed by atoms with Crippen LogP contribution in [0.2, 0.25) is 0 Å². The third kappa shape index (κ3) is 4.60. The number of benzene rings is 1. The van der Waals surface area contributed by atoms with Crippen LogP contribution < -0.4 is 5.32 Å². The van der Waals surface area contributed by atoms with Crippen LogP contribution in [-0.4, -0.2) is 67.7 Å². The molecule has 0 radical (unpaired) electrons. The quantitative estimate of drug-likeness (QED) is 0.731. The Morgan fingerprint density at radius 3 is 2.69 bits per heavy atom. The number of piperidine rings is 1. The van der Waals surface area contributed by atoms with Gasteiger partial charge in [-0.2, -0.15) is 0 Å². The zero-order chi connectivity index (χ0) is 21.0. The molecule has 2 heterocycles. The van der Waals surface area contributed by atoms with Gasteiger partial charge in [-0.15, -0.1) is 11.3 Å². The third-order valence-electron chi connectivity index (χ3n) is 5.32. The highest BCUT2D eigenvalue weighted by Crippen LogP contribution is 2.38. The Labute approximate surface area is 174 Å². The van der Waals surface area contributed by atoms with E-state index in [1.807, 2.05) is 49.3 Å². The average molecular weight is 418 g/mol. The molecular weight excluding hydrogens is 390 g/mol. The lowest BCUT2D eigenvalue weighted by Crippen LogP contribution is -2.55. The predicted octanol–water partition coefficient (Wildman–Crippen LogP) is 2.84. The molecule has 1 aliphatic heterocycles. The Morgan fingerprint density at radius 1 is 1.31 bits per heavy atom. The van der Waals surface area contributed by atoms with Crippen molar-refractivity contribution in [1.82, 2.24) is 9.80 Å². The van der Waals surface area contributed by atoms with Gasteiger partial charge in [-0.3, -0.25) is 5.32 Å². The first-order valence-corrected chi connectivity index (χ1v) is 10.4. The van der Waals surface area contributed by atoms with Crippen molar-refractivity contribution in [2.24, 2.45) is 5.92 Å². The number of ether oxygens (including phenoxy) is 1. The molecule has 2 amide bonds. The number of anilines is 1. The van der Waals surface area contributed by atoms with Crippen molar-refractivity contribution in [3.05, 3.63) is 52.9 Å². The van der Waals surface area contributed by atoms with Crippen molar-refractivity contribution in [3.63, 3.8) is 0 Å². The molecule has 1 aromatic heterocycles. The summed E-state index contributed by atoms with van der Waals surface area (Å²) in [5.74, 6) is -0.632. The summed E-state index contributed by atoms with van der Waals surface area (Å²) in [6, 6.07) is 11.0. The summed E-state index contributed by atoms with van der Waals surface area (Å²) in [6.07, 6.45) is 0.442. The van der Waals surface area contributed by atoms with Crippen LogP contribution in [0.15, 0.2) is 41.8 Å². The molecule has 8 heteroatoms. The number of methoxy groups -OCH3 is 1. The van der Waals surface area contributed by atoms with E-state index in [9.17, 15) is 14.7 Å². The standard InChI is InChI=1S/C21H27N3O4S/c1-23(2)13-16-14-24(11-10-21(16,27)15-7-5-4-6-8-15)20(26)22-18-17(9-12-29-18)19(25)28-3/h4-9,12,16,27H,10-11,13-14H2,1-3H3,(H,22,26). The molecule has 29 heavy (non-hydrogen) atoms. The molecule has 2 atom stereocenters. The maximum Gasteiger partial charge on any atom is 0.340 e. The van der Waals surface area contributed by atoms with Gasteiger partial charge in [-0.05, 0) is 37.5 Å². The fourth-order valence-electron chi connectivity index (χ4n) is 3.81. The molecule has 156 valence electrons. The van der Waals surface area contributed by atoms with E-state index >= 15 is 0 Å². The highest BCUT2D eigenvalue weighted by Gasteiger charge is 2.44. The van der Waals surface area contributed by atoms with Gasteiger partial charge in [-0.1, -0.05) is 30.3 Å². The maximum atomic E-state index is 12.9. The number of rotatable bonds is 5. The Kier molecular flexibility index (Phi) is 6.56. The molecule has 1 saturated heterocycles. The number of urea groups is 1. The Balaban J connectivity index is 1.77. The summed E-state index contributed by atoms with van der Waals surface area (Å²) in [6.45, 7) is 1.47. The molecule has 2 unspecified atom stereocenters.